The number of rotatable bonds is 6. The molecule has 0 unspecified atom stereocenters. The van der Waals surface area contributed by atoms with Crippen molar-refractivity contribution >= 4 is 21.7 Å². The molecule has 8 heteroatoms. The molecule has 8 nitrogen and oxygen atoms in total. The van der Waals surface area contributed by atoms with Crippen LogP contribution in [-0.2, 0) is 11.3 Å². The molecule has 0 fully saturated rings. The Bertz CT molecular complexity index is 1480. The quantitative estimate of drug-likeness (QED) is 0.411. The molecule has 0 N–H and O–H groups in total. The molecule has 0 amide bonds. The van der Waals surface area contributed by atoms with Crippen molar-refractivity contribution in [2.75, 3.05) is 13.7 Å². The Balaban J connectivity index is 1.63. The van der Waals surface area contributed by atoms with Gasteiger partial charge in [-0.3, -0.25) is 9.36 Å². The Morgan fingerprint density at radius 1 is 1.06 bits per heavy atom. The van der Waals surface area contributed by atoms with Crippen LogP contribution in [-0.4, -0.2) is 42.6 Å². The molecule has 0 aliphatic carbocycles. The molecule has 0 bridgehead atoms. The highest BCUT2D eigenvalue weighted by molar-refractivity contribution is 5.96. The third-order valence-electron chi connectivity index (χ3n) is 5.67. The zero-order valence-electron chi connectivity index (χ0n) is 18.3. The third kappa shape index (κ3) is 3.38. The highest BCUT2D eigenvalue weighted by Gasteiger charge is 2.14. The van der Waals surface area contributed by atoms with Crippen LogP contribution in [0.3, 0.4) is 0 Å². The van der Waals surface area contributed by atoms with E-state index in [0.717, 1.165) is 22.8 Å². The van der Waals surface area contributed by atoms with E-state index in [4.69, 9.17) is 9.72 Å². The number of aromatic nitrogens is 6. The van der Waals surface area contributed by atoms with Crippen LogP contribution in [0.2, 0.25) is 0 Å². The van der Waals surface area contributed by atoms with Gasteiger partial charge in [0.2, 0.25) is 0 Å². The van der Waals surface area contributed by atoms with Crippen LogP contribution in [0.25, 0.3) is 39.0 Å². The minimum absolute atomic E-state index is 0.112. The van der Waals surface area contributed by atoms with Crippen molar-refractivity contribution in [1.29, 1.82) is 0 Å². The zero-order valence-corrected chi connectivity index (χ0v) is 18.3. The lowest BCUT2D eigenvalue weighted by Gasteiger charge is -2.11. The van der Waals surface area contributed by atoms with Gasteiger partial charge in [0, 0.05) is 48.4 Å². The fraction of sp³-hybridized carbons (Fsp3) is 0.250. The van der Waals surface area contributed by atoms with E-state index in [-0.39, 0.29) is 11.6 Å². The summed E-state index contributed by atoms with van der Waals surface area (Å²) in [6.07, 6.45) is 5.50. The maximum atomic E-state index is 13.4. The summed E-state index contributed by atoms with van der Waals surface area (Å²) in [7, 11) is 1.69. The number of pyridine rings is 2. The van der Waals surface area contributed by atoms with Crippen molar-refractivity contribution in [3.63, 3.8) is 0 Å². The first kappa shape index (κ1) is 20.1. The van der Waals surface area contributed by atoms with Gasteiger partial charge in [-0.05, 0) is 55.6 Å². The summed E-state index contributed by atoms with van der Waals surface area (Å²) < 4.78 is 10.9. The molecule has 0 saturated carbocycles. The first-order valence-corrected chi connectivity index (χ1v) is 10.6. The van der Waals surface area contributed by atoms with Gasteiger partial charge in [0.1, 0.15) is 17.8 Å². The summed E-state index contributed by atoms with van der Waals surface area (Å²) in [6.45, 7) is 5.47. The minimum Gasteiger partial charge on any atom is -0.383 e. The van der Waals surface area contributed by atoms with E-state index in [2.05, 4.69) is 40.7 Å². The van der Waals surface area contributed by atoms with Crippen LogP contribution in [0.4, 0.5) is 0 Å². The number of hydrogen-bond acceptors (Lipinski definition) is 5. The number of fused-ring (bicyclic) bond motifs is 2. The van der Waals surface area contributed by atoms with Gasteiger partial charge in [-0.15, -0.1) is 10.2 Å². The van der Waals surface area contributed by atoms with E-state index in [1.807, 2.05) is 41.1 Å². The van der Waals surface area contributed by atoms with Crippen LogP contribution in [0, 0.1) is 0 Å². The molecule has 5 aromatic rings. The monoisotopic (exact) mass is 428 g/mol. The summed E-state index contributed by atoms with van der Waals surface area (Å²) >= 11 is 0. The average Bonchev–Trinajstić information content (AvgIpc) is 3.44. The molecular formula is C24H24N6O2. The smallest absolute Gasteiger partial charge is 0.264 e. The van der Waals surface area contributed by atoms with Crippen molar-refractivity contribution in [2.45, 2.75) is 26.4 Å². The summed E-state index contributed by atoms with van der Waals surface area (Å²) in [6, 6.07) is 13.8. The van der Waals surface area contributed by atoms with Gasteiger partial charge in [0.25, 0.3) is 5.56 Å². The minimum atomic E-state index is -0.112. The first-order chi connectivity index (χ1) is 15.6. The lowest BCUT2D eigenvalue weighted by Crippen LogP contribution is -2.19. The van der Waals surface area contributed by atoms with Gasteiger partial charge in [-0.2, -0.15) is 0 Å². The lowest BCUT2D eigenvalue weighted by molar-refractivity contribution is 0.188. The average molecular weight is 428 g/mol. The molecule has 0 aliphatic heterocycles. The van der Waals surface area contributed by atoms with Crippen LogP contribution >= 0.6 is 0 Å². The molecule has 4 heterocycles. The number of benzene rings is 1. The molecule has 32 heavy (non-hydrogen) atoms. The van der Waals surface area contributed by atoms with Gasteiger partial charge in [0.15, 0.2) is 5.82 Å². The maximum Gasteiger partial charge on any atom is 0.264 e. The fourth-order valence-electron chi connectivity index (χ4n) is 3.98. The Morgan fingerprint density at radius 2 is 1.91 bits per heavy atom. The van der Waals surface area contributed by atoms with Crippen molar-refractivity contribution in [3.05, 3.63) is 71.5 Å². The predicted molar refractivity (Wildman–Crippen MR) is 124 cm³/mol. The number of nitrogens with zero attached hydrogens (tertiary/aromatic N) is 6. The van der Waals surface area contributed by atoms with Crippen molar-refractivity contribution in [3.8, 4) is 17.3 Å². The van der Waals surface area contributed by atoms with Gasteiger partial charge in [-0.1, -0.05) is 6.07 Å². The SMILES string of the molecule is COCCn1ccc2cc3ccn(-c4cccc(-c5nncn5C(C)C)n4)c(=O)c3cc21. The second kappa shape index (κ2) is 8.05. The molecule has 0 radical (unpaired) electrons. The number of hydrogen-bond donors (Lipinski definition) is 0. The highest BCUT2D eigenvalue weighted by atomic mass is 16.5. The second-order valence-electron chi connectivity index (χ2n) is 8.03. The first-order valence-electron chi connectivity index (χ1n) is 10.6. The molecule has 4 aromatic heterocycles. The summed E-state index contributed by atoms with van der Waals surface area (Å²) in [5.41, 5.74) is 1.57. The fourth-order valence-corrected chi connectivity index (χ4v) is 3.98. The maximum absolute atomic E-state index is 13.4. The topological polar surface area (TPSA) is 79.8 Å². The zero-order chi connectivity index (χ0) is 22.2. The molecule has 162 valence electrons. The summed E-state index contributed by atoms with van der Waals surface area (Å²) in [5.74, 6) is 1.22. The third-order valence-corrected chi connectivity index (χ3v) is 5.67. The standard InChI is InChI=1S/C24H24N6O2/c1-16(2)30-15-25-27-23(30)20-5-4-6-22(26-20)29-10-8-17-13-18-7-9-28(11-12-32-3)21(18)14-19(17)24(29)31/h4-10,13-16H,11-12H2,1-3H3. The molecule has 1 aromatic carbocycles. The van der Waals surface area contributed by atoms with Crippen LogP contribution in [0.1, 0.15) is 19.9 Å². The largest absolute Gasteiger partial charge is 0.383 e. The summed E-state index contributed by atoms with van der Waals surface area (Å²) in [4.78, 5) is 18.2. The second-order valence-corrected chi connectivity index (χ2v) is 8.03. The molecule has 0 aliphatic rings. The van der Waals surface area contributed by atoms with Gasteiger partial charge in [0.05, 0.1) is 6.61 Å². The van der Waals surface area contributed by atoms with Crippen LogP contribution in [0.5, 0.6) is 0 Å². The summed E-state index contributed by atoms with van der Waals surface area (Å²) in [5, 5.41) is 10.9. The van der Waals surface area contributed by atoms with E-state index < -0.39 is 0 Å². The van der Waals surface area contributed by atoms with Gasteiger partial charge in [-0.25, -0.2) is 4.98 Å². The predicted octanol–water partition coefficient (Wildman–Crippen LogP) is 3.83. The number of methoxy groups -OCH3 is 1. The van der Waals surface area contributed by atoms with E-state index in [0.29, 0.717) is 29.3 Å². The van der Waals surface area contributed by atoms with E-state index in [1.54, 1.807) is 24.2 Å². The Morgan fingerprint density at radius 3 is 2.72 bits per heavy atom. The van der Waals surface area contributed by atoms with Crippen LogP contribution < -0.4 is 5.56 Å². The van der Waals surface area contributed by atoms with Crippen molar-refractivity contribution in [2.24, 2.45) is 0 Å². The molecule has 0 saturated heterocycles. The Kier molecular flexibility index (Phi) is 5.07. The van der Waals surface area contributed by atoms with Gasteiger partial charge < -0.3 is 13.9 Å². The van der Waals surface area contributed by atoms with E-state index in [1.165, 1.54) is 0 Å². The molecular weight excluding hydrogens is 404 g/mol. The molecule has 0 spiro atoms. The van der Waals surface area contributed by atoms with Crippen molar-refractivity contribution < 1.29 is 4.74 Å². The van der Waals surface area contributed by atoms with E-state index >= 15 is 0 Å². The lowest BCUT2D eigenvalue weighted by atomic mass is 10.1. The van der Waals surface area contributed by atoms with Gasteiger partial charge >= 0.3 is 0 Å². The normalized spacial score (nSPS) is 11.8. The van der Waals surface area contributed by atoms with Crippen molar-refractivity contribution in [1.82, 2.24) is 28.9 Å². The molecule has 5 rings (SSSR count). The Labute approximate surface area is 184 Å². The highest BCUT2D eigenvalue weighted by Crippen LogP contribution is 2.23. The van der Waals surface area contributed by atoms with Crippen LogP contribution in [0.15, 0.2) is 66.0 Å². The number of ether oxygens (including phenoxy) is 1. The molecule has 0 atom stereocenters. The Hall–Kier alpha value is -3.78. The van der Waals surface area contributed by atoms with E-state index in [9.17, 15) is 4.79 Å².